The van der Waals surface area contributed by atoms with Gasteiger partial charge in [0.25, 0.3) is 11.8 Å². The predicted octanol–water partition coefficient (Wildman–Crippen LogP) is -0.0158. The summed E-state index contributed by atoms with van der Waals surface area (Å²) in [6, 6.07) is 5.81. The molecule has 0 aromatic heterocycles. The van der Waals surface area contributed by atoms with E-state index >= 15 is 0 Å². The number of carbonyl (C=O) groups excluding carboxylic acids is 5. The number of hydrogen-bond donors (Lipinski definition) is 2. The van der Waals surface area contributed by atoms with Crippen molar-refractivity contribution in [2.24, 2.45) is 0 Å². The first-order valence-corrected chi connectivity index (χ1v) is 8.79. The Bertz CT molecular complexity index is 869. The Kier molecular flexibility index (Phi) is 5.04. The molecule has 1 atom stereocenters. The SMILES string of the molecule is CCN1C(=O)c2ccccc2N2C(=O)CC[C@]12C(=O)OCC(=O)NC(=O)NC. The number of esters is 1. The third kappa shape index (κ3) is 2.86. The highest BCUT2D eigenvalue weighted by molar-refractivity contribution is 6.15. The number of benzene rings is 1. The van der Waals surface area contributed by atoms with Crippen molar-refractivity contribution >= 4 is 35.4 Å². The van der Waals surface area contributed by atoms with Crippen molar-refractivity contribution < 1.29 is 28.7 Å². The van der Waals surface area contributed by atoms with Crippen molar-refractivity contribution in [1.29, 1.82) is 0 Å². The van der Waals surface area contributed by atoms with Crippen LogP contribution in [0.2, 0.25) is 0 Å². The molecule has 10 heteroatoms. The van der Waals surface area contributed by atoms with Crippen LogP contribution in [0, 0.1) is 0 Å². The third-order valence-corrected chi connectivity index (χ3v) is 4.83. The van der Waals surface area contributed by atoms with Gasteiger partial charge in [0.05, 0.1) is 11.3 Å². The lowest BCUT2D eigenvalue weighted by molar-refractivity contribution is -0.159. The molecular weight excluding hydrogens is 368 g/mol. The summed E-state index contributed by atoms with van der Waals surface area (Å²) in [5.74, 6) is -2.43. The zero-order valence-electron chi connectivity index (χ0n) is 15.5. The fraction of sp³-hybridized carbons (Fsp3) is 0.389. The van der Waals surface area contributed by atoms with E-state index in [9.17, 15) is 24.0 Å². The molecule has 0 bridgehead atoms. The van der Waals surface area contributed by atoms with E-state index in [1.807, 2.05) is 5.32 Å². The highest BCUT2D eigenvalue weighted by Crippen LogP contribution is 2.44. The molecule has 0 saturated carbocycles. The Balaban J connectivity index is 1.94. The van der Waals surface area contributed by atoms with Crippen LogP contribution in [0.1, 0.15) is 30.1 Å². The Morgan fingerprint density at radius 3 is 2.61 bits per heavy atom. The number of imide groups is 1. The summed E-state index contributed by atoms with van der Waals surface area (Å²) in [5, 5.41) is 4.18. The van der Waals surface area contributed by atoms with Crippen LogP contribution in [0.3, 0.4) is 0 Å². The fourth-order valence-corrected chi connectivity index (χ4v) is 3.64. The first kappa shape index (κ1) is 19.3. The van der Waals surface area contributed by atoms with Gasteiger partial charge in [-0.05, 0) is 19.1 Å². The molecule has 2 heterocycles. The summed E-state index contributed by atoms with van der Waals surface area (Å²) in [7, 11) is 1.33. The molecule has 1 fully saturated rings. The lowest BCUT2D eigenvalue weighted by Crippen LogP contribution is -2.68. The molecule has 0 radical (unpaired) electrons. The summed E-state index contributed by atoms with van der Waals surface area (Å²) in [5.41, 5.74) is -0.989. The molecule has 2 N–H and O–H groups in total. The van der Waals surface area contributed by atoms with Crippen LogP contribution in [-0.4, -0.2) is 60.5 Å². The molecule has 10 nitrogen and oxygen atoms in total. The second-order valence-electron chi connectivity index (χ2n) is 6.32. The van der Waals surface area contributed by atoms with Gasteiger partial charge in [0.1, 0.15) is 0 Å². The fourth-order valence-electron chi connectivity index (χ4n) is 3.64. The standard InChI is InChI=1S/C18H20N4O6/c1-3-21-15(25)11-6-4-5-7-12(11)22-14(24)8-9-18(21,22)16(26)28-10-13(23)20-17(27)19-2/h4-7H,3,8-10H2,1-2H3,(H2,19,20,23,27)/t18-/m0/s1. The number of nitrogens with zero attached hydrogens (tertiary/aromatic N) is 2. The van der Waals surface area contributed by atoms with Crippen LogP contribution >= 0.6 is 0 Å². The van der Waals surface area contributed by atoms with E-state index in [4.69, 9.17) is 4.74 Å². The van der Waals surface area contributed by atoms with Gasteiger partial charge in [-0.2, -0.15) is 0 Å². The van der Waals surface area contributed by atoms with Crippen LogP contribution in [0.15, 0.2) is 24.3 Å². The number of hydrogen-bond acceptors (Lipinski definition) is 6. The van der Waals surface area contributed by atoms with Crippen molar-refractivity contribution in [3.8, 4) is 0 Å². The lowest BCUT2D eigenvalue weighted by atomic mass is 9.96. The highest BCUT2D eigenvalue weighted by Gasteiger charge is 2.61. The van der Waals surface area contributed by atoms with Crippen molar-refractivity contribution in [2.75, 3.05) is 25.1 Å². The van der Waals surface area contributed by atoms with Gasteiger partial charge in [-0.15, -0.1) is 0 Å². The van der Waals surface area contributed by atoms with Gasteiger partial charge in [0, 0.05) is 26.4 Å². The average molecular weight is 388 g/mol. The molecule has 3 rings (SSSR count). The monoisotopic (exact) mass is 388 g/mol. The van der Waals surface area contributed by atoms with Gasteiger partial charge in [0.15, 0.2) is 6.61 Å². The molecule has 0 aliphatic carbocycles. The van der Waals surface area contributed by atoms with Crippen molar-refractivity contribution in [3.05, 3.63) is 29.8 Å². The number of urea groups is 1. The number of likely N-dealkylation sites (N-methyl/N-ethyl adjacent to an activating group) is 1. The molecule has 148 valence electrons. The van der Waals surface area contributed by atoms with E-state index in [0.717, 1.165) is 0 Å². The molecule has 1 aromatic rings. The molecule has 1 aromatic carbocycles. The summed E-state index contributed by atoms with van der Waals surface area (Å²) < 4.78 is 5.12. The maximum absolute atomic E-state index is 13.0. The van der Waals surface area contributed by atoms with E-state index in [2.05, 4.69) is 5.32 Å². The highest BCUT2D eigenvalue weighted by atomic mass is 16.5. The predicted molar refractivity (Wildman–Crippen MR) is 96.2 cm³/mol. The number of ether oxygens (including phenoxy) is 1. The van der Waals surface area contributed by atoms with Gasteiger partial charge in [-0.3, -0.25) is 24.6 Å². The molecule has 5 amide bonds. The van der Waals surface area contributed by atoms with Gasteiger partial charge in [-0.1, -0.05) is 12.1 Å². The number of rotatable bonds is 4. The van der Waals surface area contributed by atoms with Crippen molar-refractivity contribution in [3.63, 3.8) is 0 Å². The van der Waals surface area contributed by atoms with Gasteiger partial charge in [0.2, 0.25) is 11.6 Å². The zero-order chi connectivity index (χ0) is 20.5. The Hall–Kier alpha value is -3.43. The first-order valence-electron chi connectivity index (χ1n) is 8.79. The van der Waals surface area contributed by atoms with Gasteiger partial charge < -0.3 is 15.0 Å². The molecule has 2 aliphatic heterocycles. The molecule has 0 unspecified atom stereocenters. The normalized spacial score (nSPS) is 20.4. The van der Waals surface area contributed by atoms with E-state index in [1.165, 1.54) is 16.8 Å². The maximum atomic E-state index is 13.0. The summed E-state index contributed by atoms with van der Waals surface area (Å²) >= 11 is 0. The Labute approximate surface area is 160 Å². The van der Waals surface area contributed by atoms with Crippen LogP contribution in [0.4, 0.5) is 10.5 Å². The topological polar surface area (TPSA) is 125 Å². The summed E-state index contributed by atoms with van der Waals surface area (Å²) in [6.07, 6.45) is 0.104. The minimum Gasteiger partial charge on any atom is -0.452 e. The summed E-state index contributed by atoms with van der Waals surface area (Å²) in [4.78, 5) is 64.2. The third-order valence-electron chi connectivity index (χ3n) is 4.83. The molecule has 0 spiro atoms. The average Bonchev–Trinajstić information content (AvgIpc) is 3.04. The van der Waals surface area contributed by atoms with Gasteiger partial charge >= 0.3 is 12.0 Å². The van der Waals surface area contributed by atoms with E-state index in [0.29, 0.717) is 11.3 Å². The Morgan fingerprint density at radius 1 is 1.21 bits per heavy atom. The van der Waals surface area contributed by atoms with Crippen LogP contribution in [0.5, 0.6) is 0 Å². The first-order chi connectivity index (χ1) is 13.4. The minimum atomic E-state index is -1.65. The van der Waals surface area contributed by atoms with Gasteiger partial charge in [-0.25, -0.2) is 9.59 Å². The van der Waals surface area contributed by atoms with Crippen LogP contribution < -0.4 is 15.5 Å². The zero-order valence-corrected chi connectivity index (χ0v) is 15.5. The van der Waals surface area contributed by atoms with Crippen molar-refractivity contribution in [1.82, 2.24) is 15.5 Å². The maximum Gasteiger partial charge on any atom is 0.354 e. The van der Waals surface area contributed by atoms with E-state index in [-0.39, 0.29) is 25.3 Å². The minimum absolute atomic E-state index is 0.0512. The van der Waals surface area contributed by atoms with E-state index in [1.54, 1.807) is 31.2 Å². The van der Waals surface area contributed by atoms with Crippen molar-refractivity contribution in [2.45, 2.75) is 25.4 Å². The van der Waals surface area contributed by atoms with Crippen LogP contribution in [-0.2, 0) is 19.1 Å². The van der Waals surface area contributed by atoms with Crippen LogP contribution in [0.25, 0.3) is 0 Å². The van der Waals surface area contributed by atoms with E-state index < -0.39 is 36.1 Å². The number of amides is 5. The molecule has 2 aliphatic rings. The number of nitrogens with one attached hydrogen (secondary N) is 2. The molecular formula is C18H20N4O6. The largest absolute Gasteiger partial charge is 0.452 e. The second kappa shape index (κ2) is 7.29. The molecule has 1 saturated heterocycles. The number of anilines is 1. The lowest BCUT2D eigenvalue weighted by Gasteiger charge is -2.47. The summed E-state index contributed by atoms with van der Waals surface area (Å²) in [6.45, 7) is 1.14. The quantitative estimate of drug-likeness (QED) is 0.699. The smallest absolute Gasteiger partial charge is 0.354 e. The Morgan fingerprint density at radius 2 is 1.93 bits per heavy atom. The molecule has 28 heavy (non-hydrogen) atoms. The number of fused-ring (bicyclic) bond motifs is 3. The number of carbonyl (C=O) groups is 5. The second-order valence-corrected chi connectivity index (χ2v) is 6.32. The number of para-hydroxylation sites is 1.